The summed E-state index contributed by atoms with van der Waals surface area (Å²) >= 11 is 0. The standard InChI is InChI=1S/C22H24N2O4/c1-27-17-10-11-18(20(12-17)28-2)24-21(25)13-19(22(24)26)23(16-8-9-16)14-15-6-4-3-5-7-15/h3-7,10-12,16,19H,8-9,13-14H2,1-2H3/t19-/m0/s1. The molecule has 1 aliphatic heterocycles. The van der Waals surface area contributed by atoms with Gasteiger partial charge in [0.05, 0.1) is 32.4 Å². The maximum atomic E-state index is 13.3. The van der Waals surface area contributed by atoms with E-state index in [2.05, 4.69) is 17.0 Å². The average Bonchev–Trinajstić information content (AvgIpc) is 3.52. The van der Waals surface area contributed by atoms with E-state index in [-0.39, 0.29) is 18.2 Å². The van der Waals surface area contributed by atoms with Crippen LogP contribution in [0.3, 0.4) is 0 Å². The molecular formula is C22H24N2O4. The highest BCUT2D eigenvalue weighted by atomic mass is 16.5. The molecule has 6 nitrogen and oxygen atoms in total. The number of hydrogen-bond acceptors (Lipinski definition) is 5. The van der Waals surface area contributed by atoms with E-state index in [1.165, 1.54) is 12.0 Å². The number of imide groups is 1. The summed E-state index contributed by atoms with van der Waals surface area (Å²) in [5, 5.41) is 0. The zero-order valence-electron chi connectivity index (χ0n) is 16.1. The van der Waals surface area contributed by atoms with Crippen LogP contribution in [0.4, 0.5) is 5.69 Å². The Bertz CT molecular complexity index is 879. The van der Waals surface area contributed by atoms with Crippen molar-refractivity contribution in [2.75, 3.05) is 19.1 Å². The van der Waals surface area contributed by atoms with Crippen LogP contribution in [0.2, 0.25) is 0 Å². The molecule has 1 saturated carbocycles. The van der Waals surface area contributed by atoms with E-state index in [0.717, 1.165) is 18.4 Å². The predicted molar refractivity (Wildman–Crippen MR) is 105 cm³/mol. The molecule has 28 heavy (non-hydrogen) atoms. The van der Waals surface area contributed by atoms with Crippen molar-refractivity contribution in [2.45, 2.75) is 37.9 Å². The van der Waals surface area contributed by atoms with Gasteiger partial charge in [-0.1, -0.05) is 30.3 Å². The highest BCUT2D eigenvalue weighted by Crippen LogP contribution is 2.38. The van der Waals surface area contributed by atoms with Crippen molar-refractivity contribution in [3.8, 4) is 11.5 Å². The third-order valence-corrected chi connectivity index (χ3v) is 5.37. The van der Waals surface area contributed by atoms with Crippen LogP contribution in [-0.2, 0) is 16.1 Å². The minimum Gasteiger partial charge on any atom is -0.497 e. The number of ether oxygens (including phenoxy) is 2. The van der Waals surface area contributed by atoms with Crippen LogP contribution in [-0.4, -0.2) is 43.0 Å². The van der Waals surface area contributed by atoms with Crippen molar-refractivity contribution in [2.24, 2.45) is 0 Å². The van der Waals surface area contributed by atoms with Crippen molar-refractivity contribution >= 4 is 17.5 Å². The summed E-state index contributed by atoms with van der Waals surface area (Å²) in [5.41, 5.74) is 1.62. The van der Waals surface area contributed by atoms with Gasteiger partial charge in [-0.25, -0.2) is 4.90 Å². The van der Waals surface area contributed by atoms with Gasteiger partial charge in [-0.3, -0.25) is 14.5 Å². The van der Waals surface area contributed by atoms with Gasteiger partial charge >= 0.3 is 0 Å². The molecule has 1 saturated heterocycles. The van der Waals surface area contributed by atoms with E-state index in [1.807, 2.05) is 18.2 Å². The van der Waals surface area contributed by atoms with Crippen molar-refractivity contribution in [3.05, 3.63) is 54.1 Å². The fourth-order valence-corrected chi connectivity index (χ4v) is 3.79. The molecule has 0 aromatic heterocycles. The summed E-state index contributed by atoms with van der Waals surface area (Å²) in [7, 11) is 3.08. The molecule has 2 aliphatic rings. The second-order valence-corrected chi connectivity index (χ2v) is 7.21. The van der Waals surface area contributed by atoms with Gasteiger partial charge in [0, 0.05) is 18.7 Å². The molecule has 0 N–H and O–H groups in total. The molecule has 0 spiro atoms. The lowest BCUT2D eigenvalue weighted by molar-refractivity contribution is -0.123. The highest BCUT2D eigenvalue weighted by molar-refractivity contribution is 6.23. The van der Waals surface area contributed by atoms with Crippen LogP contribution in [0.1, 0.15) is 24.8 Å². The Kier molecular flexibility index (Phi) is 5.05. The van der Waals surface area contributed by atoms with Gasteiger partial charge in [0.1, 0.15) is 11.5 Å². The molecule has 0 unspecified atom stereocenters. The molecule has 0 bridgehead atoms. The largest absolute Gasteiger partial charge is 0.497 e. The molecule has 1 heterocycles. The number of carbonyl (C=O) groups is 2. The Labute approximate surface area is 164 Å². The average molecular weight is 380 g/mol. The Morgan fingerprint density at radius 2 is 1.79 bits per heavy atom. The third kappa shape index (κ3) is 3.47. The van der Waals surface area contributed by atoms with Crippen molar-refractivity contribution in [1.82, 2.24) is 4.90 Å². The van der Waals surface area contributed by atoms with Crippen LogP contribution in [0, 0.1) is 0 Å². The van der Waals surface area contributed by atoms with Crippen molar-refractivity contribution in [1.29, 1.82) is 0 Å². The number of amides is 2. The molecule has 0 radical (unpaired) electrons. The lowest BCUT2D eigenvalue weighted by Crippen LogP contribution is -2.43. The van der Waals surface area contributed by atoms with Crippen LogP contribution in [0.15, 0.2) is 48.5 Å². The molecule has 2 aromatic carbocycles. The van der Waals surface area contributed by atoms with Gasteiger partial charge in [0.25, 0.3) is 5.91 Å². The summed E-state index contributed by atoms with van der Waals surface area (Å²) in [6.45, 7) is 0.669. The maximum absolute atomic E-state index is 13.3. The van der Waals surface area contributed by atoms with Gasteiger partial charge in [0.2, 0.25) is 5.91 Å². The first kappa shape index (κ1) is 18.5. The molecule has 2 aromatic rings. The number of carbonyl (C=O) groups excluding carboxylic acids is 2. The second kappa shape index (κ2) is 7.64. The Morgan fingerprint density at radius 1 is 1.04 bits per heavy atom. The van der Waals surface area contributed by atoms with Crippen LogP contribution >= 0.6 is 0 Å². The first-order valence-corrected chi connectivity index (χ1v) is 9.51. The SMILES string of the molecule is COc1ccc(N2C(=O)C[C@H](N(Cc3ccccc3)C3CC3)C2=O)c(OC)c1. The summed E-state index contributed by atoms with van der Waals surface area (Å²) in [5.74, 6) is 0.677. The third-order valence-electron chi connectivity index (χ3n) is 5.37. The molecular weight excluding hydrogens is 356 g/mol. The predicted octanol–water partition coefficient (Wildman–Crippen LogP) is 3.00. The molecule has 1 aliphatic carbocycles. The second-order valence-electron chi connectivity index (χ2n) is 7.21. The molecule has 146 valence electrons. The van der Waals surface area contributed by atoms with E-state index >= 15 is 0 Å². The van der Waals surface area contributed by atoms with Gasteiger partial charge in [-0.05, 0) is 30.5 Å². The zero-order valence-corrected chi connectivity index (χ0v) is 16.1. The lowest BCUT2D eigenvalue weighted by Gasteiger charge is -2.27. The molecule has 6 heteroatoms. The van der Waals surface area contributed by atoms with E-state index in [4.69, 9.17) is 9.47 Å². The quantitative estimate of drug-likeness (QED) is 0.691. The zero-order chi connectivity index (χ0) is 19.7. The first-order valence-electron chi connectivity index (χ1n) is 9.51. The smallest absolute Gasteiger partial charge is 0.251 e. The summed E-state index contributed by atoms with van der Waals surface area (Å²) in [4.78, 5) is 29.5. The first-order chi connectivity index (χ1) is 13.6. The normalized spacial score (nSPS) is 19.4. The fourth-order valence-electron chi connectivity index (χ4n) is 3.79. The van der Waals surface area contributed by atoms with Gasteiger partial charge in [-0.15, -0.1) is 0 Å². The Balaban J connectivity index is 1.61. The highest BCUT2D eigenvalue weighted by Gasteiger charge is 2.47. The van der Waals surface area contributed by atoms with Crippen molar-refractivity contribution < 1.29 is 19.1 Å². The number of methoxy groups -OCH3 is 2. The van der Waals surface area contributed by atoms with Crippen molar-refractivity contribution in [3.63, 3.8) is 0 Å². The van der Waals surface area contributed by atoms with E-state index in [1.54, 1.807) is 25.3 Å². The lowest BCUT2D eigenvalue weighted by atomic mass is 10.1. The molecule has 1 atom stereocenters. The molecule has 2 fully saturated rings. The van der Waals surface area contributed by atoms with Gasteiger partial charge in [0.15, 0.2) is 0 Å². The van der Waals surface area contributed by atoms with Crippen LogP contribution in [0.5, 0.6) is 11.5 Å². The molecule has 2 amide bonds. The van der Waals surface area contributed by atoms with Crippen LogP contribution < -0.4 is 14.4 Å². The topological polar surface area (TPSA) is 59.1 Å². The number of nitrogens with zero attached hydrogens (tertiary/aromatic N) is 2. The number of anilines is 1. The number of hydrogen-bond donors (Lipinski definition) is 0. The monoisotopic (exact) mass is 380 g/mol. The number of rotatable bonds is 7. The van der Waals surface area contributed by atoms with E-state index in [0.29, 0.717) is 29.8 Å². The van der Waals surface area contributed by atoms with E-state index in [9.17, 15) is 9.59 Å². The summed E-state index contributed by atoms with van der Waals surface area (Å²) < 4.78 is 10.6. The Morgan fingerprint density at radius 3 is 2.43 bits per heavy atom. The maximum Gasteiger partial charge on any atom is 0.251 e. The minimum atomic E-state index is -0.438. The summed E-state index contributed by atoms with van der Waals surface area (Å²) in [6, 6.07) is 15.1. The van der Waals surface area contributed by atoms with E-state index < -0.39 is 6.04 Å². The van der Waals surface area contributed by atoms with Gasteiger partial charge in [-0.2, -0.15) is 0 Å². The summed E-state index contributed by atoms with van der Waals surface area (Å²) in [6.07, 6.45) is 2.32. The number of benzene rings is 2. The Hall–Kier alpha value is -2.86. The van der Waals surface area contributed by atoms with Crippen LogP contribution in [0.25, 0.3) is 0 Å². The minimum absolute atomic E-state index is 0.184. The van der Waals surface area contributed by atoms with Gasteiger partial charge < -0.3 is 9.47 Å². The molecule has 4 rings (SSSR count). The fraction of sp³-hybridized carbons (Fsp3) is 0.364.